The fraction of sp³-hybridized carbons (Fsp3) is 0.643. The zero-order chi connectivity index (χ0) is 13.7. The summed E-state index contributed by atoms with van der Waals surface area (Å²) in [5.74, 6) is 0.0328. The number of aromatic nitrogens is 1. The second kappa shape index (κ2) is 6.73. The third-order valence-corrected chi connectivity index (χ3v) is 3.61. The van der Waals surface area contributed by atoms with Gasteiger partial charge in [0.2, 0.25) is 5.91 Å². The van der Waals surface area contributed by atoms with Crippen molar-refractivity contribution in [2.24, 2.45) is 0 Å². The Hall–Kier alpha value is -1.33. The normalized spacial score (nSPS) is 18.1. The van der Waals surface area contributed by atoms with Crippen molar-refractivity contribution in [2.75, 3.05) is 27.3 Å². The van der Waals surface area contributed by atoms with Crippen LogP contribution in [0.4, 0.5) is 0 Å². The minimum absolute atomic E-state index is 0.0328. The maximum atomic E-state index is 11.7. The molecule has 1 heterocycles. The predicted molar refractivity (Wildman–Crippen MR) is 74.1 cm³/mol. The van der Waals surface area contributed by atoms with Crippen molar-refractivity contribution >= 4 is 5.91 Å². The summed E-state index contributed by atoms with van der Waals surface area (Å²) in [4.78, 5) is 11.7. The van der Waals surface area contributed by atoms with Gasteiger partial charge in [-0.05, 0) is 37.4 Å². The van der Waals surface area contributed by atoms with Crippen molar-refractivity contribution in [1.82, 2.24) is 15.2 Å². The van der Waals surface area contributed by atoms with E-state index in [9.17, 15) is 4.79 Å². The first-order valence-corrected chi connectivity index (χ1v) is 6.86. The molecule has 1 unspecified atom stereocenters. The number of carbonyl (C=O) groups is 1. The number of ether oxygens (including phenoxy) is 1. The monoisotopic (exact) mass is 265 g/mol. The van der Waals surface area contributed by atoms with Crippen LogP contribution in [0, 0.1) is 0 Å². The highest BCUT2D eigenvalue weighted by molar-refractivity contribution is 5.75. The lowest BCUT2D eigenvalue weighted by molar-refractivity contribution is -0.121. The van der Waals surface area contributed by atoms with Crippen LogP contribution in [-0.2, 0) is 22.5 Å². The SMILES string of the molecule is CNC1CCCc2cn(CC(=O)NCCOC)cc21. The molecule has 1 aromatic heterocycles. The molecule has 1 aliphatic carbocycles. The molecule has 0 bridgehead atoms. The van der Waals surface area contributed by atoms with Crippen LogP contribution in [0.3, 0.4) is 0 Å². The van der Waals surface area contributed by atoms with Crippen LogP contribution in [0.25, 0.3) is 0 Å². The molecule has 0 radical (unpaired) electrons. The number of hydrogen-bond acceptors (Lipinski definition) is 3. The first-order valence-electron chi connectivity index (χ1n) is 6.86. The molecule has 0 saturated carbocycles. The van der Waals surface area contributed by atoms with E-state index < -0.39 is 0 Å². The summed E-state index contributed by atoms with van der Waals surface area (Å²) >= 11 is 0. The molecule has 1 amide bonds. The lowest BCUT2D eigenvalue weighted by Gasteiger charge is -2.21. The van der Waals surface area contributed by atoms with Gasteiger partial charge in [0.25, 0.3) is 0 Å². The molecule has 0 aromatic carbocycles. The maximum absolute atomic E-state index is 11.7. The van der Waals surface area contributed by atoms with E-state index in [1.54, 1.807) is 7.11 Å². The Bertz CT molecular complexity index is 428. The summed E-state index contributed by atoms with van der Waals surface area (Å²) in [6.45, 7) is 1.50. The maximum Gasteiger partial charge on any atom is 0.239 e. The molecule has 0 saturated heterocycles. The third kappa shape index (κ3) is 3.58. The number of carbonyl (C=O) groups excluding carboxylic acids is 1. The zero-order valence-electron chi connectivity index (χ0n) is 11.7. The van der Waals surface area contributed by atoms with E-state index in [1.807, 2.05) is 11.6 Å². The number of hydrogen-bond donors (Lipinski definition) is 2. The molecule has 5 nitrogen and oxygen atoms in total. The molecule has 19 heavy (non-hydrogen) atoms. The summed E-state index contributed by atoms with van der Waals surface area (Å²) in [7, 11) is 3.62. The van der Waals surface area contributed by atoms with Crippen LogP contribution in [0.5, 0.6) is 0 Å². The molecular formula is C14H23N3O2. The van der Waals surface area contributed by atoms with Crippen molar-refractivity contribution in [3.05, 3.63) is 23.5 Å². The van der Waals surface area contributed by atoms with E-state index in [1.165, 1.54) is 24.0 Å². The molecule has 0 fully saturated rings. The molecule has 1 atom stereocenters. The van der Waals surface area contributed by atoms with E-state index in [2.05, 4.69) is 23.0 Å². The van der Waals surface area contributed by atoms with Gasteiger partial charge in [-0.25, -0.2) is 0 Å². The van der Waals surface area contributed by atoms with Gasteiger partial charge >= 0.3 is 0 Å². The zero-order valence-corrected chi connectivity index (χ0v) is 11.7. The molecule has 1 aliphatic rings. The van der Waals surface area contributed by atoms with E-state index in [0.29, 0.717) is 25.7 Å². The lowest BCUT2D eigenvalue weighted by atomic mass is 9.91. The summed E-state index contributed by atoms with van der Waals surface area (Å²) in [5, 5.41) is 6.18. The third-order valence-electron chi connectivity index (χ3n) is 3.61. The standard InChI is InChI=1S/C14H23N3O2/c1-15-13-5-3-4-11-8-17(9-12(11)13)10-14(18)16-6-7-19-2/h8-9,13,15H,3-7,10H2,1-2H3,(H,16,18). The molecule has 5 heteroatoms. The second-order valence-electron chi connectivity index (χ2n) is 4.99. The molecule has 106 valence electrons. The van der Waals surface area contributed by atoms with Crippen molar-refractivity contribution in [3.63, 3.8) is 0 Å². The Balaban J connectivity index is 1.95. The van der Waals surface area contributed by atoms with Gasteiger partial charge in [0.15, 0.2) is 0 Å². The number of nitrogens with one attached hydrogen (secondary N) is 2. The molecule has 2 N–H and O–H groups in total. The first-order chi connectivity index (χ1) is 9.24. The molecule has 2 rings (SSSR count). The molecule has 0 spiro atoms. The van der Waals surface area contributed by atoms with Gasteiger partial charge in [0, 0.05) is 32.1 Å². The van der Waals surface area contributed by atoms with Gasteiger partial charge in [0.1, 0.15) is 6.54 Å². The smallest absolute Gasteiger partial charge is 0.239 e. The highest BCUT2D eigenvalue weighted by Gasteiger charge is 2.20. The predicted octanol–water partition coefficient (Wildman–Crippen LogP) is 0.848. The van der Waals surface area contributed by atoms with Crippen molar-refractivity contribution in [2.45, 2.75) is 31.8 Å². The molecule has 0 aliphatic heterocycles. The van der Waals surface area contributed by atoms with Crippen LogP contribution >= 0.6 is 0 Å². The molecule has 1 aromatic rings. The van der Waals surface area contributed by atoms with Crippen molar-refractivity contribution in [1.29, 1.82) is 0 Å². The van der Waals surface area contributed by atoms with Crippen LogP contribution in [0.2, 0.25) is 0 Å². The number of amides is 1. The van der Waals surface area contributed by atoms with E-state index in [4.69, 9.17) is 4.74 Å². The summed E-state index contributed by atoms with van der Waals surface area (Å²) < 4.78 is 6.90. The largest absolute Gasteiger partial charge is 0.383 e. The van der Waals surface area contributed by atoms with Crippen molar-refractivity contribution < 1.29 is 9.53 Å². The van der Waals surface area contributed by atoms with Crippen LogP contribution in [0.15, 0.2) is 12.4 Å². The Morgan fingerprint density at radius 1 is 1.53 bits per heavy atom. The number of nitrogens with zero attached hydrogens (tertiary/aromatic N) is 1. The number of aryl methyl sites for hydroxylation is 1. The van der Waals surface area contributed by atoms with Gasteiger partial charge in [-0.1, -0.05) is 0 Å². The van der Waals surface area contributed by atoms with Gasteiger partial charge in [-0.3, -0.25) is 4.79 Å². The minimum Gasteiger partial charge on any atom is -0.383 e. The van der Waals surface area contributed by atoms with Gasteiger partial charge in [0.05, 0.1) is 6.61 Å². The topological polar surface area (TPSA) is 55.3 Å². The fourth-order valence-electron chi connectivity index (χ4n) is 2.65. The highest BCUT2D eigenvalue weighted by atomic mass is 16.5. The van der Waals surface area contributed by atoms with Crippen LogP contribution in [-0.4, -0.2) is 37.8 Å². The molecular weight excluding hydrogens is 242 g/mol. The number of rotatable bonds is 6. The number of methoxy groups -OCH3 is 1. The van der Waals surface area contributed by atoms with Gasteiger partial charge in [-0.2, -0.15) is 0 Å². The number of fused-ring (bicyclic) bond motifs is 1. The highest BCUT2D eigenvalue weighted by Crippen LogP contribution is 2.29. The first kappa shape index (κ1) is 14.1. The quantitative estimate of drug-likeness (QED) is 0.750. The second-order valence-corrected chi connectivity index (χ2v) is 4.99. The Kier molecular flexibility index (Phi) is 4.99. The van der Waals surface area contributed by atoms with E-state index in [0.717, 1.165) is 6.42 Å². The lowest BCUT2D eigenvalue weighted by Crippen LogP contribution is -2.30. The van der Waals surface area contributed by atoms with Crippen molar-refractivity contribution in [3.8, 4) is 0 Å². The van der Waals surface area contributed by atoms with Crippen LogP contribution < -0.4 is 10.6 Å². The average molecular weight is 265 g/mol. The van der Waals surface area contributed by atoms with Gasteiger partial charge < -0.3 is 19.9 Å². The Labute approximate surface area is 114 Å². The summed E-state index contributed by atoms with van der Waals surface area (Å²) in [6, 6.07) is 0.432. The summed E-state index contributed by atoms with van der Waals surface area (Å²) in [6.07, 6.45) is 7.71. The minimum atomic E-state index is 0.0328. The Morgan fingerprint density at radius 2 is 2.37 bits per heavy atom. The van der Waals surface area contributed by atoms with E-state index >= 15 is 0 Å². The van der Waals surface area contributed by atoms with E-state index in [-0.39, 0.29) is 5.91 Å². The van der Waals surface area contributed by atoms with Crippen LogP contribution in [0.1, 0.15) is 30.0 Å². The fourth-order valence-corrected chi connectivity index (χ4v) is 2.65. The summed E-state index contributed by atoms with van der Waals surface area (Å²) in [5.41, 5.74) is 2.72. The average Bonchev–Trinajstić information content (AvgIpc) is 2.80. The Morgan fingerprint density at radius 3 is 3.11 bits per heavy atom. The van der Waals surface area contributed by atoms with Gasteiger partial charge in [-0.15, -0.1) is 0 Å².